The zero-order valence-electron chi connectivity index (χ0n) is 26.3. The van der Waals surface area contributed by atoms with Gasteiger partial charge in [0.05, 0.1) is 29.4 Å². The number of amides is 1. The summed E-state index contributed by atoms with van der Waals surface area (Å²) in [5.74, 6) is 7.97. The quantitative estimate of drug-likeness (QED) is 0.323. The van der Waals surface area contributed by atoms with Crippen LogP contribution >= 0.6 is 11.6 Å². The van der Waals surface area contributed by atoms with Crippen LogP contribution in [-0.4, -0.2) is 65.1 Å². The molecule has 2 aromatic rings. The lowest BCUT2D eigenvalue weighted by Gasteiger charge is -2.65. The van der Waals surface area contributed by atoms with Crippen molar-refractivity contribution in [2.24, 2.45) is 22.2 Å². The van der Waals surface area contributed by atoms with E-state index in [-0.39, 0.29) is 28.9 Å². The van der Waals surface area contributed by atoms with Crippen LogP contribution in [0.4, 0.5) is 5.69 Å². The third kappa shape index (κ3) is 4.89. The molecule has 3 aliphatic heterocycles. The number of hydrogen-bond acceptors (Lipinski definition) is 5. The summed E-state index contributed by atoms with van der Waals surface area (Å²) < 4.78 is 6.46. The van der Waals surface area contributed by atoms with Gasteiger partial charge in [0.15, 0.2) is 0 Å². The van der Waals surface area contributed by atoms with Gasteiger partial charge in [0.25, 0.3) is 5.91 Å². The molecule has 0 radical (unpaired) electrons. The third-order valence-electron chi connectivity index (χ3n) is 11.2. The van der Waals surface area contributed by atoms with E-state index < -0.39 is 0 Å². The Morgan fingerprint density at radius 2 is 1.84 bits per heavy atom. The fraction of sp³-hybridized carbons (Fsp3) is 0.583. The van der Waals surface area contributed by atoms with Crippen molar-refractivity contribution >= 4 is 23.2 Å². The highest BCUT2D eigenvalue weighted by Gasteiger charge is 2.67. The first kappa shape index (κ1) is 29.6. The number of pyridine rings is 1. The van der Waals surface area contributed by atoms with Crippen molar-refractivity contribution < 1.29 is 9.53 Å². The minimum atomic E-state index is -0.307. The van der Waals surface area contributed by atoms with Crippen LogP contribution < -0.4 is 10.1 Å². The number of aromatic nitrogens is 1. The number of benzene rings is 1. The molecule has 8 heteroatoms. The lowest BCUT2D eigenvalue weighted by molar-refractivity contribution is -0.199. The van der Waals surface area contributed by atoms with Crippen molar-refractivity contribution in [3.63, 3.8) is 0 Å². The monoisotopic (exact) mass is 611 g/mol. The van der Waals surface area contributed by atoms with Gasteiger partial charge >= 0.3 is 0 Å². The minimum Gasteiger partial charge on any atom is -0.489 e. The summed E-state index contributed by atoms with van der Waals surface area (Å²) in [4.78, 5) is 26.7. The van der Waals surface area contributed by atoms with Crippen molar-refractivity contribution in [1.82, 2.24) is 20.1 Å². The lowest BCUT2D eigenvalue weighted by Crippen LogP contribution is -2.74. The summed E-state index contributed by atoms with van der Waals surface area (Å²) in [5.41, 5.74) is 2.61. The summed E-state index contributed by atoms with van der Waals surface area (Å²) in [6.45, 7) is 21.3. The van der Waals surface area contributed by atoms with Crippen molar-refractivity contribution in [2.45, 2.75) is 84.5 Å². The van der Waals surface area contributed by atoms with E-state index in [9.17, 15) is 4.79 Å². The smallest absolute Gasteiger partial charge is 0.256 e. The molecule has 2 saturated heterocycles. The van der Waals surface area contributed by atoms with Crippen molar-refractivity contribution in [3.8, 4) is 17.6 Å². The summed E-state index contributed by atoms with van der Waals surface area (Å²) in [6.07, 6.45) is 5.98. The zero-order valence-corrected chi connectivity index (χ0v) is 27.0. The number of nitrogens with one attached hydrogen (secondary N) is 1. The maximum atomic E-state index is 13.7. The second-order valence-electron chi connectivity index (χ2n) is 15.0. The fourth-order valence-corrected chi connectivity index (χ4v) is 9.60. The first-order chi connectivity index (χ1) is 21.0. The minimum absolute atomic E-state index is 0.0283. The second-order valence-corrected chi connectivity index (χ2v) is 15.4. The summed E-state index contributed by atoms with van der Waals surface area (Å²) in [5, 5.41) is 3.93. The van der Waals surface area contributed by atoms with E-state index in [1.165, 1.54) is 45.4 Å². The third-order valence-corrected chi connectivity index (χ3v) is 11.5. The molecular formula is C36H42ClN5O2. The van der Waals surface area contributed by atoms with Gasteiger partial charge in [0, 0.05) is 53.9 Å². The Morgan fingerprint density at radius 3 is 2.50 bits per heavy atom. The van der Waals surface area contributed by atoms with Gasteiger partial charge in [-0.05, 0) is 68.8 Å². The van der Waals surface area contributed by atoms with E-state index in [2.05, 4.69) is 54.6 Å². The van der Waals surface area contributed by atoms with Gasteiger partial charge in [-0.2, -0.15) is 0 Å². The first-order valence-electron chi connectivity index (χ1n) is 16.1. The molecule has 0 unspecified atom stereocenters. The normalized spacial score (nSPS) is 29.6. The number of hydrogen-bond donors (Lipinski definition) is 1. The number of likely N-dealkylation sites (tertiary alicyclic amines) is 1. The average molecular weight is 612 g/mol. The Morgan fingerprint density at radius 1 is 1.09 bits per heavy atom. The van der Waals surface area contributed by atoms with Gasteiger partial charge in [0.2, 0.25) is 5.69 Å². The molecule has 1 aromatic carbocycles. The molecule has 4 heterocycles. The molecule has 2 aliphatic carbocycles. The topological polar surface area (TPSA) is 62.1 Å². The van der Waals surface area contributed by atoms with Crippen molar-refractivity contribution in [3.05, 3.63) is 63.7 Å². The zero-order chi connectivity index (χ0) is 30.9. The highest BCUT2D eigenvalue weighted by molar-refractivity contribution is 6.33. The number of nitrogens with zero attached hydrogens (tertiary/aromatic N) is 4. The van der Waals surface area contributed by atoms with Crippen LogP contribution in [-0.2, 0) is 6.54 Å². The van der Waals surface area contributed by atoms with Crippen LogP contribution in [0, 0.1) is 40.6 Å². The predicted molar refractivity (Wildman–Crippen MR) is 172 cm³/mol. The number of halogens is 1. The van der Waals surface area contributed by atoms with Crippen molar-refractivity contribution in [2.75, 3.05) is 26.2 Å². The Labute approximate surface area is 266 Å². The van der Waals surface area contributed by atoms with Gasteiger partial charge in [0.1, 0.15) is 17.5 Å². The van der Waals surface area contributed by atoms with Crippen LogP contribution in [0.3, 0.4) is 0 Å². The molecular weight excluding hydrogens is 570 g/mol. The molecule has 0 bridgehead atoms. The van der Waals surface area contributed by atoms with E-state index in [0.29, 0.717) is 39.9 Å². The molecule has 1 amide bonds. The first-order valence-corrected chi connectivity index (χ1v) is 16.5. The highest BCUT2D eigenvalue weighted by atomic mass is 35.5. The molecule has 5 aliphatic rings. The van der Waals surface area contributed by atoms with Gasteiger partial charge in [-0.25, -0.2) is 9.83 Å². The molecule has 230 valence electrons. The van der Waals surface area contributed by atoms with Crippen molar-refractivity contribution in [1.29, 1.82) is 0 Å². The molecule has 2 saturated carbocycles. The van der Waals surface area contributed by atoms with E-state index in [1.54, 1.807) is 18.2 Å². The average Bonchev–Trinajstić information content (AvgIpc) is 3.59. The maximum Gasteiger partial charge on any atom is 0.256 e. The number of ether oxygens (including phenoxy) is 1. The van der Waals surface area contributed by atoms with E-state index in [0.717, 1.165) is 30.3 Å². The second kappa shape index (κ2) is 10.8. The fourth-order valence-electron chi connectivity index (χ4n) is 9.39. The number of rotatable bonds is 4. The SMILES string of the molecule is [C-]#[N+]c1ccc(OC2C(C)(C)C(N3Cc4nc(C#CC5CCC(N6CC7(CCNC7)C6)CC5)ccc4C3=O)C2(C)C)cc1Cl. The Kier molecular flexibility index (Phi) is 7.24. The van der Waals surface area contributed by atoms with Crippen LogP contribution in [0.15, 0.2) is 30.3 Å². The van der Waals surface area contributed by atoms with Gasteiger partial charge in [-0.3, -0.25) is 9.69 Å². The van der Waals surface area contributed by atoms with Crippen LogP contribution in [0.25, 0.3) is 4.85 Å². The van der Waals surface area contributed by atoms with Crippen LogP contribution in [0.1, 0.15) is 81.5 Å². The Balaban J connectivity index is 0.980. The molecule has 44 heavy (non-hydrogen) atoms. The lowest BCUT2D eigenvalue weighted by atomic mass is 9.49. The molecule has 0 atom stereocenters. The van der Waals surface area contributed by atoms with E-state index in [4.69, 9.17) is 27.9 Å². The molecule has 1 aromatic heterocycles. The molecule has 7 nitrogen and oxygen atoms in total. The molecule has 7 rings (SSSR count). The van der Waals surface area contributed by atoms with Gasteiger partial charge < -0.3 is 15.0 Å². The summed E-state index contributed by atoms with van der Waals surface area (Å²) in [6, 6.07) is 9.71. The molecule has 4 fully saturated rings. The molecule has 1 spiro atoms. The Hall–Kier alpha value is -3.10. The summed E-state index contributed by atoms with van der Waals surface area (Å²) in [7, 11) is 0. The number of fused-ring (bicyclic) bond motifs is 1. The predicted octanol–water partition coefficient (Wildman–Crippen LogP) is 6.33. The number of carbonyl (C=O) groups excluding carboxylic acids is 1. The highest BCUT2D eigenvalue weighted by Crippen LogP contribution is 2.59. The summed E-state index contributed by atoms with van der Waals surface area (Å²) >= 11 is 6.28. The van der Waals surface area contributed by atoms with E-state index in [1.807, 2.05) is 17.0 Å². The standard InChI is InChI=1S/C36H42ClN5O2/c1-34(2)32(35(3,4)33(34)44-26-13-15-29(38-5)28(37)18-26)42-19-30-27(31(42)43)14-10-24(40-30)9-6-23-7-11-25(12-8-23)41-21-36(22-41)16-17-39-20-36/h10,13-15,18,23,25,32-33,39H,7-8,11-12,16-17,19-22H2,1-4H3. The number of carbonyl (C=O) groups is 1. The largest absolute Gasteiger partial charge is 0.489 e. The van der Waals surface area contributed by atoms with E-state index >= 15 is 0 Å². The Bertz CT molecular complexity index is 1560. The molecule has 1 N–H and O–H groups in total. The van der Waals surface area contributed by atoms with Gasteiger partial charge in [-0.15, -0.1) is 0 Å². The van der Waals surface area contributed by atoms with Crippen LogP contribution in [0.5, 0.6) is 5.75 Å². The van der Waals surface area contributed by atoms with Crippen LogP contribution in [0.2, 0.25) is 5.02 Å². The van der Waals surface area contributed by atoms with Gasteiger partial charge in [-0.1, -0.05) is 51.3 Å². The maximum absolute atomic E-state index is 13.7.